The molecular formula is C26H42O8. The first-order chi connectivity index (χ1) is 16.1. The molecule has 1 aromatic carbocycles. The highest BCUT2D eigenvalue weighted by molar-refractivity contribution is 5.59. The standard InChI is InChI=1S/C26H42O8/c1-7-9-11-16-25(3,4)33-31-23(27)29-19-21-14-13-15-22(18-21)20-30-24(28)32-34-26(5,6)17-12-10-8-2/h13-15,18H,7-12,16-17,19-20H2,1-6H3. The van der Waals surface area contributed by atoms with E-state index in [2.05, 4.69) is 13.8 Å². The molecule has 0 saturated carbocycles. The Kier molecular flexibility index (Phi) is 13.6. The lowest BCUT2D eigenvalue weighted by Gasteiger charge is -2.22. The average Bonchev–Trinajstić information content (AvgIpc) is 2.79. The zero-order chi connectivity index (χ0) is 25.5. The third kappa shape index (κ3) is 14.1. The summed E-state index contributed by atoms with van der Waals surface area (Å²) in [4.78, 5) is 43.8. The van der Waals surface area contributed by atoms with E-state index in [1.54, 1.807) is 24.3 Å². The quantitative estimate of drug-likeness (QED) is 0.103. The fraction of sp³-hybridized carbons (Fsp3) is 0.692. The van der Waals surface area contributed by atoms with Gasteiger partial charge in [-0.25, -0.2) is 9.59 Å². The third-order valence-electron chi connectivity index (χ3n) is 5.14. The Balaban J connectivity index is 2.36. The van der Waals surface area contributed by atoms with Gasteiger partial charge in [-0.15, -0.1) is 0 Å². The van der Waals surface area contributed by atoms with Crippen molar-refractivity contribution in [2.75, 3.05) is 0 Å². The summed E-state index contributed by atoms with van der Waals surface area (Å²) in [6.45, 7) is 11.7. The number of unbranched alkanes of at least 4 members (excludes halogenated alkanes) is 4. The summed E-state index contributed by atoms with van der Waals surface area (Å²) in [6, 6.07) is 7.10. The Morgan fingerprint density at radius 2 is 1.12 bits per heavy atom. The molecule has 0 heterocycles. The van der Waals surface area contributed by atoms with Crippen LogP contribution in [0.15, 0.2) is 24.3 Å². The number of rotatable bonds is 16. The van der Waals surface area contributed by atoms with Gasteiger partial charge in [0.15, 0.2) is 0 Å². The summed E-state index contributed by atoms with van der Waals surface area (Å²) in [5.74, 6) is 0. The van der Waals surface area contributed by atoms with E-state index in [-0.39, 0.29) is 13.2 Å². The Bertz CT molecular complexity index is 672. The van der Waals surface area contributed by atoms with Gasteiger partial charge >= 0.3 is 12.3 Å². The number of carbonyl (C=O) groups is 2. The van der Waals surface area contributed by atoms with Crippen LogP contribution in [-0.2, 0) is 42.2 Å². The summed E-state index contributed by atoms with van der Waals surface area (Å²) in [7, 11) is 0. The molecule has 0 radical (unpaired) electrons. The largest absolute Gasteiger partial charge is 0.540 e. The normalized spacial score (nSPS) is 11.7. The smallest absolute Gasteiger partial charge is 0.427 e. The molecule has 0 aromatic heterocycles. The number of hydrogen-bond acceptors (Lipinski definition) is 8. The van der Waals surface area contributed by atoms with Gasteiger partial charge in [0.1, 0.15) is 24.4 Å². The van der Waals surface area contributed by atoms with Crippen molar-refractivity contribution >= 4 is 12.3 Å². The van der Waals surface area contributed by atoms with Crippen LogP contribution in [0.5, 0.6) is 0 Å². The van der Waals surface area contributed by atoms with Crippen molar-refractivity contribution in [2.45, 2.75) is 117 Å². The van der Waals surface area contributed by atoms with E-state index in [1.165, 1.54) is 0 Å². The molecule has 194 valence electrons. The molecule has 0 fully saturated rings. The van der Waals surface area contributed by atoms with Gasteiger partial charge in [0.2, 0.25) is 0 Å². The minimum absolute atomic E-state index is 0.00813. The van der Waals surface area contributed by atoms with Gasteiger partial charge in [0.25, 0.3) is 0 Å². The summed E-state index contributed by atoms with van der Waals surface area (Å²) >= 11 is 0. The lowest BCUT2D eigenvalue weighted by molar-refractivity contribution is -0.319. The first kappa shape index (κ1) is 29.7. The highest BCUT2D eigenvalue weighted by atomic mass is 17.2. The molecule has 0 N–H and O–H groups in total. The first-order valence-corrected chi connectivity index (χ1v) is 12.2. The first-order valence-electron chi connectivity index (χ1n) is 12.2. The average molecular weight is 483 g/mol. The Morgan fingerprint density at radius 1 is 0.706 bits per heavy atom. The molecule has 8 nitrogen and oxygen atoms in total. The van der Waals surface area contributed by atoms with Crippen LogP contribution < -0.4 is 0 Å². The molecule has 0 aliphatic rings. The van der Waals surface area contributed by atoms with E-state index in [0.717, 1.165) is 51.4 Å². The van der Waals surface area contributed by atoms with E-state index in [4.69, 9.17) is 29.0 Å². The minimum atomic E-state index is -0.910. The molecular weight excluding hydrogens is 440 g/mol. The van der Waals surface area contributed by atoms with Crippen molar-refractivity contribution < 1.29 is 38.6 Å². The Morgan fingerprint density at radius 3 is 1.50 bits per heavy atom. The monoisotopic (exact) mass is 482 g/mol. The zero-order valence-corrected chi connectivity index (χ0v) is 21.6. The zero-order valence-electron chi connectivity index (χ0n) is 21.6. The van der Waals surface area contributed by atoms with Crippen LogP contribution >= 0.6 is 0 Å². The second-order valence-electron chi connectivity index (χ2n) is 9.66. The molecule has 0 saturated heterocycles. The van der Waals surface area contributed by atoms with E-state index < -0.39 is 23.5 Å². The molecule has 0 spiro atoms. The molecule has 8 heteroatoms. The topological polar surface area (TPSA) is 89.5 Å². The fourth-order valence-corrected chi connectivity index (χ4v) is 3.12. The summed E-state index contributed by atoms with van der Waals surface area (Å²) < 4.78 is 10.2. The third-order valence-corrected chi connectivity index (χ3v) is 5.14. The molecule has 34 heavy (non-hydrogen) atoms. The van der Waals surface area contributed by atoms with Crippen molar-refractivity contribution in [3.8, 4) is 0 Å². The maximum atomic E-state index is 11.9. The van der Waals surface area contributed by atoms with Crippen LogP contribution in [-0.4, -0.2) is 23.5 Å². The van der Waals surface area contributed by atoms with E-state index in [1.807, 2.05) is 27.7 Å². The highest BCUT2D eigenvalue weighted by Gasteiger charge is 2.23. The van der Waals surface area contributed by atoms with Crippen LogP contribution in [0.4, 0.5) is 9.59 Å². The second-order valence-corrected chi connectivity index (χ2v) is 9.66. The van der Waals surface area contributed by atoms with Crippen LogP contribution in [0.2, 0.25) is 0 Å². The molecule has 0 aliphatic carbocycles. The van der Waals surface area contributed by atoms with Gasteiger partial charge < -0.3 is 9.47 Å². The predicted molar refractivity (Wildman–Crippen MR) is 128 cm³/mol. The molecule has 0 atom stereocenters. The van der Waals surface area contributed by atoms with Crippen molar-refractivity contribution in [3.05, 3.63) is 35.4 Å². The van der Waals surface area contributed by atoms with Gasteiger partial charge in [0, 0.05) is 0 Å². The number of benzene rings is 1. The lowest BCUT2D eigenvalue weighted by atomic mass is 10.0. The van der Waals surface area contributed by atoms with Crippen LogP contribution in [0, 0.1) is 0 Å². The Labute approximate surface area is 204 Å². The number of hydrogen-bond donors (Lipinski definition) is 0. The van der Waals surface area contributed by atoms with Crippen molar-refractivity contribution in [2.24, 2.45) is 0 Å². The van der Waals surface area contributed by atoms with E-state index in [0.29, 0.717) is 11.1 Å². The summed E-state index contributed by atoms with van der Waals surface area (Å²) in [5.41, 5.74) is 0.270. The Hall–Kier alpha value is -2.32. The van der Waals surface area contributed by atoms with Gasteiger partial charge in [-0.1, -0.05) is 70.6 Å². The molecule has 0 amide bonds. The summed E-state index contributed by atoms with van der Waals surface area (Å²) in [6.07, 6.45) is 6.13. The second kappa shape index (κ2) is 15.6. The van der Waals surface area contributed by atoms with Crippen LogP contribution in [0.25, 0.3) is 0 Å². The maximum absolute atomic E-state index is 11.9. The minimum Gasteiger partial charge on any atom is -0.427 e. The van der Waals surface area contributed by atoms with Gasteiger partial charge in [-0.3, -0.25) is 9.78 Å². The highest BCUT2D eigenvalue weighted by Crippen LogP contribution is 2.20. The van der Waals surface area contributed by atoms with Crippen molar-refractivity contribution in [3.63, 3.8) is 0 Å². The van der Waals surface area contributed by atoms with Crippen molar-refractivity contribution in [1.29, 1.82) is 0 Å². The molecule has 0 unspecified atom stereocenters. The molecule has 0 bridgehead atoms. The number of carbonyl (C=O) groups excluding carboxylic acids is 2. The maximum Gasteiger partial charge on any atom is 0.540 e. The fourth-order valence-electron chi connectivity index (χ4n) is 3.12. The van der Waals surface area contributed by atoms with Crippen LogP contribution in [0.3, 0.4) is 0 Å². The summed E-state index contributed by atoms with van der Waals surface area (Å²) in [5, 5.41) is 0. The van der Waals surface area contributed by atoms with Gasteiger partial charge in [-0.05, 0) is 57.7 Å². The number of ether oxygens (including phenoxy) is 2. The SMILES string of the molecule is CCCCCC(C)(C)OOC(=O)OCc1cccc(COC(=O)OOC(C)(C)CCCCC)c1. The van der Waals surface area contributed by atoms with Gasteiger partial charge in [-0.2, -0.15) is 9.78 Å². The van der Waals surface area contributed by atoms with Crippen LogP contribution in [0.1, 0.15) is 104 Å². The van der Waals surface area contributed by atoms with Gasteiger partial charge in [0.05, 0.1) is 0 Å². The van der Waals surface area contributed by atoms with E-state index >= 15 is 0 Å². The predicted octanol–water partition coefficient (Wildman–Crippen LogP) is 7.57. The lowest BCUT2D eigenvalue weighted by Crippen LogP contribution is -2.26. The molecule has 1 rings (SSSR count). The molecule has 0 aliphatic heterocycles. The van der Waals surface area contributed by atoms with E-state index in [9.17, 15) is 9.59 Å². The van der Waals surface area contributed by atoms with Crippen molar-refractivity contribution in [1.82, 2.24) is 0 Å². The molecule has 1 aromatic rings.